The summed E-state index contributed by atoms with van der Waals surface area (Å²) in [5.41, 5.74) is -0.430. The van der Waals surface area contributed by atoms with Gasteiger partial charge in [-0.25, -0.2) is 18.2 Å². The predicted molar refractivity (Wildman–Crippen MR) is 55.7 cm³/mol. The molecule has 96 valence electrons. The second kappa shape index (κ2) is 4.33. The maximum absolute atomic E-state index is 12.9. The zero-order valence-corrected chi connectivity index (χ0v) is 9.43. The normalized spacial score (nSPS) is 11.5. The standard InChI is InChI=1S/C9H6F3N3O2S/c10-6-1-5(2-7(11)9(6)12)15-18(16,17)8-3-13-4-14-8/h1-4,15H,(H,13,14). The van der Waals surface area contributed by atoms with Gasteiger partial charge in [-0.2, -0.15) is 8.42 Å². The number of rotatable bonds is 3. The Morgan fingerprint density at radius 3 is 2.28 bits per heavy atom. The summed E-state index contributed by atoms with van der Waals surface area (Å²) in [5, 5.41) is -0.285. The largest absolute Gasteiger partial charge is 0.334 e. The molecule has 2 rings (SSSR count). The topological polar surface area (TPSA) is 74.8 Å². The lowest BCUT2D eigenvalue weighted by atomic mass is 10.3. The fourth-order valence-corrected chi connectivity index (χ4v) is 2.16. The molecule has 0 amide bonds. The van der Waals surface area contributed by atoms with E-state index in [1.165, 1.54) is 0 Å². The first kappa shape index (κ1) is 12.4. The highest BCUT2D eigenvalue weighted by Gasteiger charge is 2.18. The summed E-state index contributed by atoms with van der Waals surface area (Å²) in [7, 11) is -4.04. The van der Waals surface area contributed by atoms with Crippen molar-refractivity contribution >= 4 is 15.7 Å². The average molecular weight is 277 g/mol. The first-order chi connectivity index (χ1) is 8.40. The van der Waals surface area contributed by atoms with E-state index in [4.69, 9.17) is 0 Å². The van der Waals surface area contributed by atoms with Gasteiger partial charge in [0.1, 0.15) is 0 Å². The molecular weight excluding hydrogens is 271 g/mol. The lowest BCUT2D eigenvalue weighted by Crippen LogP contribution is -2.14. The summed E-state index contributed by atoms with van der Waals surface area (Å²) in [6.45, 7) is 0. The summed E-state index contributed by atoms with van der Waals surface area (Å²) in [5.74, 6) is -4.64. The zero-order chi connectivity index (χ0) is 13.3. The van der Waals surface area contributed by atoms with Gasteiger partial charge < -0.3 is 4.98 Å². The Kier molecular flexibility index (Phi) is 2.99. The maximum atomic E-state index is 12.9. The number of hydrogen-bond acceptors (Lipinski definition) is 3. The molecule has 0 atom stereocenters. The molecule has 0 saturated heterocycles. The third-order valence-corrected chi connectivity index (χ3v) is 3.31. The second-order valence-corrected chi connectivity index (χ2v) is 4.93. The van der Waals surface area contributed by atoms with E-state index >= 15 is 0 Å². The molecule has 0 aliphatic carbocycles. The number of halogens is 3. The van der Waals surface area contributed by atoms with Gasteiger partial charge in [-0.3, -0.25) is 4.72 Å². The lowest BCUT2D eigenvalue weighted by Gasteiger charge is -2.06. The monoisotopic (exact) mass is 277 g/mol. The summed E-state index contributed by atoms with van der Waals surface area (Å²) >= 11 is 0. The molecule has 5 nitrogen and oxygen atoms in total. The molecule has 0 bridgehead atoms. The number of hydrogen-bond donors (Lipinski definition) is 2. The Morgan fingerprint density at radius 1 is 1.17 bits per heavy atom. The predicted octanol–water partition coefficient (Wildman–Crippen LogP) is 1.63. The van der Waals surface area contributed by atoms with Crippen LogP contribution >= 0.6 is 0 Å². The van der Waals surface area contributed by atoms with Crippen molar-refractivity contribution in [2.24, 2.45) is 0 Å². The van der Waals surface area contributed by atoms with Crippen molar-refractivity contribution in [2.45, 2.75) is 5.03 Å². The van der Waals surface area contributed by atoms with E-state index in [-0.39, 0.29) is 5.03 Å². The first-order valence-electron chi connectivity index (χ1n) is 4.56. The van der Waals surface area contributed by atoms with Crippen LogP contribution in [-0.2, 0) is 10.0 Å². The van der Waals surface area contributed by atoms with Gasteiger partial charge in [-0.15, -0.1) is 0 Å². The Labute approximate surface area is 99.7 Å². The Bertz CT molecular complexity index is 647. The first-order valence-corrected chi connectivity index (χ1v) is 6.04. The van der Waals surface area contributed by atoms with E-state index in [1.54, 1.807) is 0 Å². The van der Waals surface area contributed by atoms with E-state index in [1.807, 2.05) is 4.72 Å². The van der Waals surface area contributed by atoms with Crippen LogP contribution in [0.5, 0.6) is 0 Å². The number of aromatic nitrogens is 2. The minimum absolute atomic E-state index is 0.285. The Morgan fingerprint density at radius 2 is 1.78 bits per heavy atom. The van der Waals surface area contributed by atoms with Gasteiger partial charge in [0, 0.05) is 12.1 Å². The molecule has 1 heterocycles. The van der Waals surface area contributed by atoms with Gasteiger partial charge in [0.15, 0.2) is 22.5 Å². The number of sulfonamides is 1. The van der Waals surface area contributed by atoms with E-state index in [0.717, 1.165) is 12.5 Å². The summed E-state index contributed by atoms with van der Waals surface area (Å²) in [6.07, 6.45) is 2.14. The van der Waals surface area contributed by atoms with E-state index in [0.29, 0.717) is 12.1 Å². The third kappa shape index (κ3) is 2.30. The SMILES string of the molecule is O=S(=O)(Nc1cc(F)c(F)c(F)c1)c1cnc[nH]1. The molecular formula is C9H6F3N3O2S. The van der Waals surface area contributed by atoms with Crippen LogP contribution in [0.4, 0.5) is 18.9 Å². The number of anilines is 1. The molecule has 9 heteroatoms. The summed E-state index contributed by atoms with van der Waals surface area (Å²) < 4.78 is 63.6. The average Bonchev–Trinajstić information content (AvgIpc) is 2.79. The highest BCUT2D eigenvalue weighted by atomic mass is 32.2. The summed E-state index contributed by atoms with van der Waals surface area (Å²) in [4.78, 5) is 5.81. The van der Waals surface area contributed by atoms with Crippen LogP contribution in [0.1, 0.15) is 0 Å². The third-order valence-electron chi connectivity index (χ3n) is 2.00. The number of H-pyrrole nitrogens is 1. The highest BCUT2D eigenvalue weighted by molar-refractivity contribution is 7.92. The number of aromatic amines is 1. The zero-order valence-electron chi connectivity index (χ0n) is 8.62. The smallest absolute Gasteiger partial charge is 0.278 e. The fraction of sp³-hybridized carbons (Fsp3) is 0. The summed E-state index contributed by atoms with van der Waals surface area (Å²) in [6, 6.07) is 1.07. The van der Waals surface area contributed by atoms with Gasteiger partial charge in [0.2, 0.25) is 0 Å². The molecule has 18 heavy (non-hydrogen) atoms. The van der Waals surface area contributed by atoms with E-state index in [9.17, 15) is 21.6 Å². The fourth-order valence-electron chi connectivity index (χ4n) is 1.21. The van der Waals surface area contributed by atoms with Crippen molar-refractivity contribution in [1.82, 2.24) is 9.97 Å². The molecule has 1 aromatic carbocycles. The highest BCUT2D eigenvalue weighted by Crippen LogP contribution is 2.19. The van der Waals surface area contributed by atoms with Gasteiger partial charge in [0.25, 0.3) is 10.0 Å². The van der Waals surface area contributed by atoms with Crippen molar-refractivity contribution in [3.63, 3.8) is 0 Å². The minimum atomic E-state index is -4.04. The molecule has 2 N–H and O–H groups in total. The quantitative estimate of drug-likeness (QED) is 0.837. The van der Waals surface area contributed by atoms with Gasteiger partial charge in [-0.05, 0) is 0 Å². The van der Waals surface area contributed by atoms with Crippen LogP contribution in [0.2, 0.25) is 0 Å². The Balaban J connectivity index is 2.36. The van der Waals surface area contributed by atoms with Crippen LogP contribution in [0.15, 0.2) is 29.7 Å². The molecule has 0 spiro atoms. The van der Waals surface area contributed by atoms with Crippen LogP contribution in [0, 0.1) is 17.5 Å². The second-order valence-electron chi connectivity index (χ2n) is 3.28. The van der Waals surface area contributed by atoms with Crippen molar-refractivity contribution in [3.8, 4) is 0 Å². The van der Waals surface area contributed by atoms with Crippen molar-refractivity contribution in [3.05, 3.63) is 42.1 Å². The van der Waals surface area contributed by atoms with E-state index < -0.39 is 33.2 Å². The van der Waals surface area contributed by atoms with Gasteiger partial charge in [-0.1, -0.05) is 0 Å². The number of nitrogens with one attached hydrogen (secondary N) is 2. The molecule has 2 aromatic rings. The molecule has 0 fully saturated rings. The van der Waals surface area contributed by atoms with Crippen LogP contribution in [0.3, 0.4) is 0 Å². The van der Waals surface area contributed by atoms with Crippen LogP contribution in [-0.4, -0.2) is 18.4 Å². The van der Waals surface area contributed by atoms with Crippen molar-refractivity contribution in [1.29, 1.82) is 0 Å². The molecule has 0 unspecified atom stereocenters. The van der Waals surface area contributed by atoms with Crippen molar-refractivity contribution in [2.75, 3.05) is 4.72 Å². The minimum Gasteiger partial charge on any atom is -0.334 e. The van der Waals surface area contributed by atoms with Crippen LogP contribution in [0.25, 0.3) is 0 Å². The number of benzene rings is 1. The molecule has 0 radical (unpaired) electrons. The molecule has 0 saturated carbocycles. The number of nitrogens with zero attached hydrogens (tertiary/aromatic N) is 1. The van der Waals surface area contributed by atoms with E-state index in [2.05, 4.69) is 9.97 Å². The Hall–Kier alpha value is -2.03. The molecule has 0 aliphatic rings. The molecule has 1 aromatic heterocycles. The number of imidazole rings is 1. The molecule has 0 aliphatic heterocycles. The maximum Gasteiger partial charge on any atom is 0.278 e. The van der Waals surface area contributed by atoms with Gasteiger partial charge >= 0.3 is 0 Å². The lowest BCUT2D eigenvalue weighted by molar-refractivity contribution is 0.448. The van der Waals surface area contributed by atoms with Gasteiger partial charge in [0.05, 0.1) is 18.2 Å². The van der Waals surface area contributed by atoms with Crippen molar-refractivity contribution < 1.29 is 21.6 Å². The van der Waals surface area contributed by atoms with Crippen LogP contribution < -0.4 is 4.72 Å².